The van der Waals surface area contributed by atoms with Crippen LogP contribution in [0.3, 0.4) is 0 Å². The van der Waals surface area contributed by atoms with Crippen molar-refractivity contribution in [1.29, 1.82) is 0 Å². The molecule has 1 atom stereocenters. The van der Waals surface area contributed by atoms with E-state index in [1.165, 1.54) is 5.56 Å². The smallest absolute Gasteiger partial charge is 0.197 e. The zero-order valence-electron chi connectivity index (χ0n) is 14.1. The Balaban J connectivity index is 1.67. The van der Waals surface area contributed by atoms with Crippen LogP contribution in [0, 0.1) is 0 Å². The van der Waals surface area contributed by atoms with Gasteiger partial charge in [0, 0.05) is 0 Å². The molecule has 2 rings (SSSR count). The zero-order valence-corrected chi connectivity index (χ0v) is 14.1. The van der Waals surface area contributed by atoms with Crippen molar-refractivity contribution in [3.05, 3.63) is 78.9 Å². The number of benzene rings is 2. The van der Waals surface area contributed by atoms with Crippen LogP contribution in [0.1, 0.15) is 18.1 Å². The summed E-state index contributed by atoms with van der Waals surface area (Å²) in [6.07, 6.45) is 4.21. The summed E-state index contributed by atoms with van der Waals surface area (Å²) in [5.41, 5.74) is 2.28. The molecule has 2 aromatic rings. The lowest BCUT2D eigenvalue weighted by Gasteiger charge is -2.16. The molecule has 0 fully saturated rings. The van der Waals surface area contributed by atoms with Crippen molar-refractivity contribution >= 4 is 6.08 Å². The van der Waals surface area contributed by atoms with Gasteiger partial charge in [0.15, 0.2) is 6.29 Å². The minimum Gasteiger partial charge on any atom is -0.491 e. The van der Waals surface area contributed by atoms with Crippen molar-refractivity contribution in [3.8, 4) is 11.5 Å². The van der Waals surface area contributed by atoms with E-state index in [9.17, 15) is 0 Å². The van der Waals surface area contributed by atoms with Crippen molar-refractivity contribution in [2.75, 3.05) is 13.2 Å². The molecule has 0 bridgehead atoms. The van der Waals surface area contributed by atoms with Crippen LogP contribution in [-0.2, 0) is 11.2 Å². The Hall–Kier alpha value is -2.52. The molecule has 0 aliphatic carbocycles. The highest BCUT2D eigenvalue weighted by Gasteiger charge is 2.04. The quantitative estimate of drug-likeness (QED) is 0.354. The van der Waals surface area contributed by atoms with E-state index in [0.29, 0.717) is 13.2 Å². The molecule has 0 aliphatic rings. The Labute approximate surface area is 144 Å². The third-order valence-corrected chi connectivity index (χ3v) is 3.43. The van der Waals surface area contributed by atoms with Gasteiger partial charge in [-0.1, -0.05) is 43.0 Å². The van der Waals surface area contributed by atoms with Crippen LogP contribution in [0.4, 0.5) is 0 Å². The van der Waals surface area contributed by atoms with Crippen LogP contribution in [0.5, 0.6) is 11.5 Å². The van der Waals surface area contributed by atoms with E-state index in [0.717, 1.165) is 23.5 Å². The van der Waals surface area contributed by atoms with Gasteiger partial charge < -0.3 is 14.2 Å². The lowest BCUT2D eigenvalue weighted by Crippen LogP contribution is -2.19. The van der Waals surface area contributed by atoms with Gasteiger partial charge in [0.1, 0.15) is 18.1 Å². The first-order valence-corrected chi connectivity index (χ1v) is 8.04. The molecular weight excluding hydrogens is 300 g/mol. The Morgan fingerprint density at radius 2 is 1.58 bits per heavy atom. The molecule has 0 aromatic heterocycles. The maximum absolute atomic E-state index is 5.69. The van der Waals surface area contributed by atoms with Crippen LogP contribution in [0.25, 0.3) is 6.08 Å². The molecule has 0 radical (unpaired) electrons. The second-order valence-electron chi connectivity index (χ2n) is 5.31. The predicted molar refractivity (Wildman–Crippen MR) is 98.4 cm³/mol. The minimum absolute atomic E-state index is 0.335. The summed E-state index contributed by atoms with van der Waals surface area (Å²) in [6, 6.07) is 15.7. The van der Waals surface area contributed by atoms with E-state index in [-0.39, 0.29) is 6.29 Å². The highest BCUT2D eigenvalue weighted by Crippen LogP contribution is 2.15. The van der Waals surface area contributed by atoms with Crippen LogP contribution in [0.2, 0.25) is 0 Å². The number of hydrogen-bond donors (Lipinski definition) is 0. The Bertz CT molecular complexity index is 629. The number of rotatable bonds is 10. The average Bonchev–Trinajstić information content (AvgIpc) is 2.61. The second-order valence-corrected chi connectivity index (χ2v) is 5.31. The molecular formula is C21H24O3. The SMILES string of the molecule is C=CCc1ccc(OCCOC(C)Oc2ccc(C=C)cc2)cc1. The van der Waals surface area contributed by atoms with Gasteiger partial charge in [-0.15, -0.1) is 6.58 Å². The normalized spacial score (nSPS) is 11.5. The summed E-state index contributed by atoms with van der Waals surface area (Å²) in [7, 11) is 0. The Morgan fingerprint density at radius 1 is 0.917 bits per heavy atom. The zero-order chi connectivity index (χ0) is 17.2. The van der Waals surface area contributed by atoms with Gasteiger partial charge in [-0.2, -0.15) is 0 Å². The highest BCUT2D eigenvalue weighted by atomic mass is 16.7. The molecule has 0 saturated heterocycles. The summed E-state index contributed by atoms with van der Waals surface area (Å²) < 4.78 is 16.9. The summed E-state index contributed by atoms with van der Waals surface area (Å²) in [6.45, 7) is 10.3. The monoisotopic (exact) mass is 324 g/mol. The second kappa shape index (κ2) is 9.58. The van der Waals surface area contributed by atoms with E-state index in [4.69, 9.17) is 14.2 Å². The van der Waals surface area contributed by atoms with Gasteiger partial charge in [-0.25, -0.2) is 0 Å². The highest BCUT2D eigenvalue weighted by molar-refractivity contribution is 5.48. The molecule has 3 heteroatoms. The molecule has 2 aromatic carbocycles. The van der Waals surface area contributed by atoms with Crippen LogP contribution < -0.4 is 9.47 Å². The first kappa shape index (κ1) is 17.8. The van der Waals surface area contributed by atoms with Crippen molar-refractivity contribution in [2.45, 2.75) is 19.6 Å². The van der Waals surface area contributed by atoms with Gasteiger partial charge in [-0.05, 0) is 48.7 Å². The summed E-state index contributed by atoms with van der Waals surface area (Å²) in [4.78, 5) is 0. The summed E-state index contributed by atoms with van der Waals surface area (Å²) in [5.74, 6) is 1.60. The van der Waals surface area contributed by atoms with Gasteiger partial charge >= 0.3 is 0 Å². The first-order valence-electron chi connectivity index (χ1n) is 8.04. The van der Waals surface area contributed by atoms with Gasteiger partial charge in [0.2, 0.25) is 0 Å². The average molecular weight is 324 g/mol. The number of hydrogen-bond acceptors (Lipinski definition) is 3. The molecule has 0 N–H and O–H groups in total. The van der Waals surface area contributed by atoms with E-state index >= 15 is 0 Å². The van der Waals surface area contributed by atoms with E-state index in [1.807, 2.05) is 61.5 Å². The van der Waals surface area contributed by atoms with Gasteiger partial charge in [-0.3, -0.25) is 0 Å². The number of allylic oxidation sites excluding steroid dienone is 1. The molecule has 1 unspecified atom stereocenters. The first-order chi connectivity index (χ1) is 11.7. The summed E-state index contributed by atoms with van der Waals surface area (Å²) in [5, 5.41) is 0. The van der Waals surface area contributed by atoms with Crippen molar-refractivity contribution in [2.24, 2.45) is 0 Å². The molecule has 3 nitrogen and oxygen atoms in total. The van der Waals surface area contributed by atoms with E-state index in [2.05, 4.69) is 13.2 Å². The molecule has 0 amide bonds. The van der Waals surface area contributed by atoms with Gasteiger partial charge in [0.25, 0.3) is 0 Å². The summed E-state index contributed by atoms with van der Waals surface area (Å²) >= 11 is 0. The maximum Gasteiger partial charge on any atom is 0.197 e. The van der Waals surface area contributed by atoms with Crippen LogP contribution in [0.15, 0.2) is 67.8 Å². The largest absolute Gasteiger partial charge is 0.491 e. The molecule has 0 spiro atoms. The fourth-order valence-corrected chi connectivity index (χ4v) is 2.17. The standard InChI is InChI=1S/C21H24O3/c1-4-6-19-9-11-20(12-10-19)23-16-15-22-17(3)24-21-13-7-18(5-2)8-14-21/h4-5,7-14,17H,1-2,6,15-16H2,3H3. The topological polar surface area (TPSA) is 27.7 Å². The van der Waals surface area contributed by atoms with Crippen molar-refractivity contribution in [3.63, 3.8) is 0 Å². The molecule has 126 valence electrons. The molecule has 0 saturated carbocycles. The fraction of sp³-hybridized carbons (Fsp3) is 0.238. The molecule has 24 heavy (non-hydrogen) atoms. The van der Waals surface area contributed by atoms with E-state index in [1.54, 1.807) is 6.08 Å². The van der Waals surface area contributed by atoms with E-state index < -0.39 is 0 Å². The lowest BCUT2D eigenvalue weighted by molar-refractivity contribution is -0.0739. The lowest BCUT2D eigenvalue weighted by atomic mass is 10.1. The van der Waals surface area contributed by atoms with Crippen LogP contribution in [-0.4, -0.2) is 19.5 Å². The predicted octanol–water partition coefficient (Wildman–Crippen LogP) is 4.88. The maximum atomic E-state index is 5.69. The van der Waals surface area contributed by atoms with Gasteiger partial charge in [0.05, 0.1) is 6.61 Å². The third-order valence-electron chi connectivity index (χ3n) is 3.43. The Morgan fingerprint density at radius 3 is 2.21 bits per heavy atom. The minimum atomic E-state index is -0.335. The molecule has 0 aliphatic heterocycles. The molecule has 0 heterocycles. The third kappa shape index (κ3) is 5.94. The fourth-order valence-electron chi connectivity index (χ4n) is 2.17. The van der Waals surface area contributed by atoms with Crippen molar-refractivity contribution in [1.82, 2.24) is 0 Å². The Kier molecular flexibility index (Phi) is 7.12. The number of ether oxygens (including phenoxy) is 3. The van der Waals surface area contributed by atoms with Crippen molar-refractivity contribution < 1.29 is 14.2 Å². The van der Waals surface area contributed by atoms with Crippen LogP contribution >= 0.6 is 0 Å².